The third-order valence-corrected chi connectivity index (χ3v) is 3.92. The third-order valence-electron chi connectivity index (χ3n) is 3.92. The van der Waals surface area contributed by atoms with E-state index in [2.05, 4.69) is 0 Å². The molecule has 1 heterocycles. The van der Waals surface area contributed by atoms with Crippen molar-refractivity contribution in [1.29, 1.82) is 0 Å². The summed E-state index contributed by atoms with van der Waals surface area (Å²) in [7, 11) is 2.75. The van der Waals surface area contributed by atoms with Gasteiger partial charge in [0.25, 0.3) is 0 Å². The van der Waals surface area contributed by atoms with Gasteiger partial charge in [-0.1, -0.05) is 12.1 Å². The van der Waals surface area contributed by atoms with Gasteiger partial charge in [0.15, 0.2) is 28.8 Å². The van der Waals surface area contributed by atoms with E-state index in [0.29, 0.717) is 0 Å². The van der Waals surface area contributed by atoms with Crippen LogP contribution in [-0.4, -0.2) is 35.3 Å². The lowest BCUT2D eigenvalue weighted by Gasteiger charge is -2.27. The van der Waals surface area contributed by atoms with E-state index in [0.717, 1.165) is 0 Å². The second kappa shape index (κ2) is 5.84. The first-order chi connectivity index (χ1) is 11.5. The minimum absolute atomic E-state index is 0.00328. The van der Waals surface area contributed by atoms with Crippen molar-refractivity contribution in [2.75, 3.05) is 14.2 Å². The molecule has 7 heteroatoms. The van der Waals surface area contributed by atoms with Gasteiger partial charge in [-0.3, -0.25) is 4.79 Å². The molecule has 1 aliphatic rings. The van der Waals surface area contributed by atoms with Gasteiger partial charge in [0.05, 0.1) is 20.6 Å². The highest BCUT2D eigenvalue weighted by atomic mass is 16.5. The first-order valence-corrected chi connectivity index (χ1v) is 7.16. The number of rotatable bonds is 3. The zero-order chi connectivity index (χ0) is 17.4. The molecule has 24 heavy (non-hydrogen) atoms. The Balaban J connectivity index is 2.09. The van der Waals surface area contributed by atoms with Crippen molar-refractivity contribution in [3.05, 3.63) is 35.4 Å². The van der Waals surface area contributed by atoms with Crippen LogP contribution in [0.1, 0.15) is 28.4 Å². The van der Waals surface area contributed by atoms with E-state index < -0.39 is 6.10 Å². The maximum absolute atomic E-state index is 12.5. The van der Waals surface area contributed by atoms with Crippen molar-refractivity contribution in [3.63, 3.8) is 0 Å². The Hall–Kier alpha value is -3.09. The van der Waals surface area contributed by atoms with Crippen LogP contribution in [0.15, 0.2) is 24.3 Å². The number of benzene rings is 2. The molecule has 0 amide bonds. The quantitative estimate of drug-likeness (QED) is 0.742. The first kappa shape index (κ1) is 15.8. The molecule has 3 N–H and O–H groups in total. The lowest BCUT2D eigenvalue weighted by Crippen LogP contribution is -2.21. The molecule has 0 aromatic heterocycles. The van der Waals surface area contributed by atoms with Crippen molar-refractivity contribution in [3.8, 4) is 34.5 Å². The number of hydrogen-bond donors (Lipinski definition) is 3. The number of carbonyl (C=O) groups is 1. The molecule has 0 bridgehead atoms. The minimum atomic E-state index is -0.797. The van der Waals surface area contributed by atoms with E-state index in [9.17, 15) is 20.1 Å². The fourth-order valence-corrected chi connectivity index (χ4v) is 2.76. The molecule has 2 aromatic carbocycles. The number of ether oxygens (including phenoxy) is 3. The van der Waals surface area contributed by atoms with Crippen LogP contribution in [0.25, 0.3) is 0 Å². The van der Waals surface area contributed by atoms with Crippen LogP contribution in [0.3, 0.4) is 0 Å². The van der Waals surface area contributed by atoms with Crippen LogP contribution in [0.2, 0.25) is 0 Å². The lowest BCUT2D eigenvalue weighted by atomic mass is 9.94. The summed E-state index contributed by atoms with van der Waals surface area (Å²) >= 11 is 0. The molecule has 2 aromatic rings. The normalized spacial score (nSPS) is 16.2. The Kier molecular flexibility index (Phi) is 3.84. The molecular formula is C17H16O7. The molecule has 0 aliphatic carbocycles. The summed E-state index contributed by atoms with van der Waals surface area (Å²) in [5, 5.41) is 29.9. The molecule has 7 nitrogen and oxygen atoms in total. The zero-order valence-electron chi connectivity index (χ0n) is 13.1. The first-order valence-electron chi connectivity index (χ1n) is 7.16. The fourth-order valence-electron chi connectivity index (χ4n) is 2.76. The SMILES string of the molecule is COc1cc2c(c(O)c1OC)C(=O)CC(c1cccc(O)c1O)O2. The highest BCUT2D eigenvalue weighted by Gasteiger charge is 2.34. The molecule has 0 saturated carbocycles. The van der Waals surface area contributed by atoms with Gasteiger partial charge in [0, 0.05) is 11.6 Å². The van der Waals surface area contributed by atoms with E-state index in [1.165, 1.54) is 26.4 Å². The molecular weight excluding hydrogens is 316 g/mol. The minimum Gasteiger partial charge on any atom is -0.504 e. The summed E-state index contributed by atoms with van der Waals surface area (Å²) in [6.07, 6.45) is -0.901. The average Bonchev–Trinajstić information content (AvgIpc) is 2.56. The lowest BCUT2D eigenvalue weighted by molar-refractivity contribution is 0.0839. The molecule has 1 unspecified atom stereocenters. The number of Topliss-reactive ketones (excluding diaryl/α,β-unsaturated/α-hetero) is 1. The van der Waals surface area contributed by atoms with Gasteiger partial charge >= 0.3 is 0 Å². The van der Waals surface area contributed by atoms with E-state index in [4.69, 9.17) is 14.2 Å². The van der Waals surface area contributed by atoms with E-state index >= 15 is 0 Å². The number of phenolic OH excluding ortho intramolecular Hbond substituents is 3. The molecule has 0 spiro atoms. The van der Waals surface area contributed by atoms with Crippen molar-refractivity contribution >= 4 is 5.78 Å². The number of para-hydroxylation sites is 1. The number of carbonyl (C=O) groups excluding carboxylic acids is 1. The number of fused-ring (bicyclic) bond motifs is 1. The Morgan fingerprint density at radius 3 is 2.54 bits per heavy atom. The second-order valence-corrected chi connectivity index (χ2v) is 5.28. The molecule has 0 fully saturated rings. The van der Waals surface area contributed by atoms with Crippen molar-refractivity contribution in [2.45, 2.75) is 12.5 Å². The molecule has 1 atom stereocenters. The van der Waals surface area contributed by atoms with Crippen LogP contribution in [0.5, 0.6) is 34.5 Å². The number of ketones is 1. The second-order valence-electron chi connectivity index (χ2n) is 5.28. The van der Waals surface area contributed by atoms with E-state index in [1.54, 1.807) is 12.1 Å². The standard InChI is InChI=1S/C17H16O7/c1-22-13-7-12-14(16(21)17(13)23-2)10(19)6-11(24-12)8-4-3-5-9(18)15(8)20/h3-5,7,11,18,20-21H,6H2,1-2H3. The summed E-state index contributed by atoms with van der Waals surface area (Å²) in [6, 6.07) is 5.87. The summed E-state index contributed by atoms with van der Waals surface area (Å²) in [5.74, 6) is -0.992. The van der Waals surface area contributed by atoms with Crippen molar-refractivity contribution < 1.29 is 34.3 Å². The number of aromatic hydroxyl groups is 3. The van der Waals surface area contributed by atoms with E-state index in [-0.39, 0.29) is 57.8 Å². The van der Waals surface area contributed by atoms with Crippen LogP contribution in [-0.2, 0) is 0 Å². The third kappa shape index (κ3) is 2.34. The topological polar surface area (TPSA) is 105 Å². The summed E-state index contributed by atoms with van der Waals surface area (Å²) in [4.78, 5) is 12.5. The molecule has 126 valence electrons. The Bertz CT molecular complexity index is 813. The van der Waals surface area contributed by atoms with Gasteiger partial charge in [-0.2, -0.15) is 0 Å². The van der Waals surface area contributed by atoms with Crippen LogP contribution >= 0.6 is 0 Å². The van der Waals surface area contributed by atoms with Gasteiger partial charge in [-0.15, -0.1) is 0 Å². The Labute approximate surface area is 137 Å². The van der Waals surface area contributed by atoms with Crippen LogP contribution < -0.4 is 14.2 Å². The van der Waals surface area contributed by atoms with Crippen LogP contribution in [0.4, 0.5) is 0 Å². The molecule has 1 aliphatic heterocycles. The maximum atomic E-state index is 12.5. The Morgan fingerprint density at radius 1 is 1.12 bits per heavy atom. The van der Waals surface area contributed by atoms with Gasteiger partial charge in [-0.25, -0.2) is 0 Å². The predicted molar refractivity (Wildman–Crippen MR) is 83.3 cm³/mol. The monoisotopic (exact) mass is 332 g/mol. The fraction of sp³-hybridized carbons (Fsp3) is 0.235. The largest absolute Gasteiger partial charge is 0.504 e. The number of methoxy groups -OCH3 is 2. The van der Waals surface area contributed by atoms with Crippen molar-refractivity contribution in [1.82, 2.24) is 0 Å². The van der Waals surface area contributed by atoms with Gasteiger partial charge in [-0.05, 0) is 6.07 Å². The van der Waals surface area contributed by atoms with Gasteiger partial charge in [0.2, 0.25) is 5.75 Å². The molecule has 0 radical (unpaired) electrons. The molecule has 3 rings (SSSR count). The van der Waals surface area contributed by atoms with Crippen molar-refractivity contribution in [2.24, 2.45) is 0 Å². The van der Waals surface area contributed by atoms with E-state index in [1.807, 2.05) is 0 Å². The molecule has 0 saturated heterocycles. The van der Waals surface area contributed by atoms with Gasteiger partial charge in [0.1, 0.15) is 17.4 Å². The summed E-state index contributed by atoms with van der Waals surface area (Å²) in [6.45, 7) is 0. The Morgan fingerprint density at radius 2 is 1.88 bits per heavy atom. The zero-order valence-corrected chi connectivity index (χ0v) is 13.1. The summed E-state index contributed by atoms with van der Waals surface area (Å²) < 4.78 is 16.0. The maximum Gasteiger partial charge on any atom is 0.204 e. The van der Waals surface area contributed by atoms with Gasteiger partial charge < -0.3 is 29.5 Å². The smallest absolute Gasteiger partial charge is 0.204 e. The predicted octanol–water partition coefficient (Wildman–Crippen LogP) is 2.53. The summed E-state index contributed by atoms with van der Waals surface area (Å²) in [5.41, 5.74) is 0.284. The highest BCUT2D eigenvalue weighted by Crippen LogP contribution is 2.49. The number of phenols is 3. The average molecular weight is 332 g/mol. The number of hydrogen-bond acceptors (Lipinski definition) is 7. The highest BCUT2D eigenvalue weighted by molar-refractivity contribution is 6.03. The van der Waals surface area contributed by atoms with Crippen LogP contribution in [0, 0.1) is 0 Å².